The fraction of sp³-hybridized carbons (Fsp3) is 0.846. The lowest BCUT2D eigenvalue weighted by Gasteiger charge is -2.33. The molecule has 6 heteroatoms. The van der Waals surface area contributed by atoms with Crippen molar-refractivity contribution in [2.75, 3.05) is 33.2 Å². The Bertz CT molecular complexity index is 309. The molecule has 110 valence electrons. The molecule has 1 heterocycles. The quantitative estimate of drug-likeness (QED) is 0.653. The van der Waals surface area contributed by atoms with Crippen molar-refractivity contribution in [2.45, 2.75) is 38.1 Å². The van der Waals surface area contributed by atoms with Crippen LogP contribution >= 0.6 is 0 Å². The summed E-state index contributed by atoms with van der Waals surface area (Å²) in [5.41, 5.74) is 10.8. The maximum Gasteiger partial charge on any atom is 0.234 e. The molecule has 0 aliphatic carbocycles. The van der Waals surface area contributed by atoms with Crippen LogP contribution < -0.4 is 11.5 Å². The lowest BCUT2D eigenvalue weighted by atomic mass is 10.0. The van der Waals surface area contributed by atoms with Crippen LogP contribution in [0.2, 0.25) is 0 Å². The molecule has 0 saturated carbocycles. The second kappa shape index (κ2) is 8.12. The van der Waals surface area contributed by atoms with Gasteiger partial charge in [0.15, 0.2) is 0 Å². The van der Waals surface area contributed by atoms with Crippen LogP contribution in [-0.2, 0) is 9.59 Å². The third-order valence-electron chi connectivity index (χ3n) is 3.68. The Balaban J connectivity index is 2.37. The van der Waals surface area contributed by atoms with Gasteiger partial charge in [-0.1, -0.05) is 6.42 Å². The van der Waals surface area contributed by atoms with Crippen molar-refractivity contribution in [1.82, 2.24) is 9.80 Å². The van der Waals surface area contributed by atoms with Gasteiger partial charge in [-0.2, -0.15) is 0 Å². The highest BCUT2D eigenvalue weighted by atomic mass is 16.2. The van der Waals surface area contributed by atoms with Gasteiger partial charge >= 0.3 is 0 Å². The number of piperidine rings is 1. The number of hydrogen-bond donors (Lipinski definition) is 2. The average Bonchev–Trinajstić information content (AvgIpc) is 2.42. The molecule has 0 radical (unpaired) electrons. The lowest BCUT2D eigenvalue weighted by Crippen LogP contribution is -2.48. The van der Waals surface area contributed by atoms with E-state index in [1.165, 1.54) is 0 Å². The van der Waals surface area contributed by atoms with Gasteiger partial charge in [-0.3, -0.25) is 14.5 Å². The summed E-state index contributed by atoms with van der Waals surface area (Å²) in [4.78, 5) is 27.0. The van der Waals surface area contributed by atoms with E-state index in [-0.39, 0.29) is 17.9 Å². The molecule has 1 aliphatic rings. The number of nitrogens with two attached hydrogens (primary N) is 2. The molecule has 1 unspecified atom stereocenters. The highest BCUT2D eigenvalue weighted by molar-refractivity contribution is 5.80. The predicted molar refractivity (Wildman–Crippen MR) is 74.3 cm³/mol. The minimum absolute atomic E-state index is 0.0993. The topological polar surface area (TPSA) is 92.7 Å². The highest BCUT2D eigenvalue weighted by Crippen LogP contribution is 2.17. The van der Waals surface area contributed by atoms with Crippen LogP contribution in [0, 0.1) is 0 Å². The molecule has 1 fully saturated rings. The Hall–Kier alpha value is -1.14. The summed E-state index contributed by atoms with van der Waals surface area (Å²) < 4.78 is 0. The normalized spacial score (nSPS) is 20.2. The number of amides is 2. The first-order valence-electron chi connectivity index (χ1n) is 7.03. The Labute approximate surface area is 115 Å². The summed E-state index contributed by atoms with van der Waals surface area (Å²) in [6.45, 7) is 2.74. The third-order valence-corrected chi connectivity index (χ3v) is 3.68. The number of hydrogen-bond acceptors (Lipinski definition) is 4. The van der Waals surface area contributed by atoms with Crippen LogP contribution in [0.25, 0.3) is 0 Å². The minimum Gasteiger partial charge on any atom is -0.368 e. The van der Waals surface area contributed by atoms with Crippen LogP contribution in [-0.4, -0.2) is 60.9 Å². The molecule has 0 spiro atoms. The van der Waals surface area contributed by atoms with Crippen molar-refractivity contribution in [2.24, 2.45) is 11.5 Å². The van der Waals surface area contributed by atoms with E-state index in [1.54, 1.807) is 11.9 Å². The number of likely N-dealkylation sites (tertiary alicyclic amines) is 1. The molecule has 2 amide bonds. The van der Waals surface area contributed by atoms with Gasteiger partial charge in [0.2, 0.25) is 11.8 Å². The first-order chi connectivity index (χ1) is 9.06. The van der Waals surface area contributed by atoms with E-state index in [0.717, 1.165) is 32.2 Å². The van der Waals surface area contributed by atoms with Crippen molar-refractivity contribution in [3.63, 3.8) is 0 Å². The summed E-state index contributed by atoms with van der Waals surface area (Å²) in [6, 6.07) is -0.198. The molecule has 0 aromatic rings. The van der Waals surface area contributed by atoms with Gasteiger partial charge < -0.3 is 16.4 Å². The van der Waals surface area contributed by atoms with Crippen molar-refractivity contribution in [3.05, 3.63) is 0 Å². The van der Waals surface area contributed by atoms with E-state index in [1.807, 2.05) is 4.90 Å². The van der Waals surface area contributed by atoms with E-state index in [9.17, 15) is 9.59 Å². The maximum atomic E-state index is 11.9. The van der Waals surface area contributed by atoms with Gasteiger partial charge in [-0.15, -0.1) is 0 Å². The van der Waals surface area contributed by atoms with Crippen molar-refractivity contribution in [1.29, 1.82) is 0 Å². The van der Waals surface area contributed by atoms with Crippen LogP contribution in [0.15, 0.2) is 0 Å². The zero-order valence-corrected chi connectivity index (χ0v) is 11.8. The molecule has 0 bridgehead atoms. The largest absolute Gasteiger partial charge is 0.368 e. The second-order valence-electron chi connectivity index (χ2n) is 5.16. The Morgan fingerprint density at radius 3 is 2.74 bits per heavy atom. The van der Waals surface area contributed by atoms with Crippen molar-refractivity contribution in [3.8, 4) is 0 Å². The Morgan fingerprint density at radius 2 is 2.11 bits per heavy atom. The average molecular weight is 270 g/mol. The molecule has 1 rings (SSSR count). The summed E-state index contributed by atoms with van der Waals surface area (Å²) in [5.74, 6) is -0.175. The summed E-state index contributed by atoms with van der Waals surface area (Å²) in [7, 11) is 1.79. The molecule has 6 nitrogen and oxygen atoms in total. The number of carbonyl (C=O) groups excluding carboxylic acids is 2. The van der Waals surface area contributed by atoms with Crippen LogP contribution in [0.1, 0.15) is 32.1 Å². The molecule has 19 heavy (non-hydrogen) atoms. The van der Waals surface area contributed by atoms with Gasteiger partial charge in [0, 0.05) is 26.6 Å². The van der Waals surface area contributed by atoms with Gasteiger partial charge in [-0.05, 0) is 32.4 Å². The molecule has 1 saturated heterocycles. The summed E-state index contributed by atoms with van der Waals surface area (Å²) in [5, 5.41) is 0. The SMILES string of the molecule is CN(CCCN)C(=O)CCN1CCCCC1C(N)=O. The van der Waals surface area contributed by atoms with Crippen molar-refractivity contribution >= 4 is 11.8 Å². The summed E-state index contributed by atoms with van der Waals surface area (Å²) in [6.07, 6.45) is 4.17. The molecular weight excluding hydrogens is 244 g/mol. The van der Waals surface area contributed by atoms with E-state index in [4.69, 9.17) is 11.5 Å². The van der Waals surface area contributed by atoms with Gasteiger partial charge in [0.25, 0.3) is 0 Å². The number of nitrogens with zero attached hydrogens (tertiary/aromatic N) is 2. The first kappa shape index (κ1) is 15.9. The van der Waals surface area contributed by atoms with Gasteiger partial charge in [0.1, 0.15) is 0 Å². The lowest BCUT2D eigenvalue weighted by molar-refractivity contribution is -0.132. The Morgan fingerprint density at radius 1 is 1.37 bits per heavy atom. The zero-order valence-electron chi connectivity index (χ0n) is 11.8. The van der Waals surface area contributed by atoms with Gasteiger partial charge in [-0.25, -0.2) is 0 Å². The smallest absolute Gasteiger partial charge is 0.234 e. The third kappa shape index (κ3) is 5.16. The minimum atomic E-state index is -0.274. The summed E-state index contributed by atoms with van der Waals surface area (Å²) >= 11 is 0. The Kier molecular flexibility index (Phi) is 6.80. The predicted octanol–water partition coefficient (Wildman–Crippen LogP) is -0.476. The number of carbonyl (C=O) groups is 2. The first-order valence-corrected chi connectivity index (χ1v) is 7.03. The second-order valence-corrected chi connectivity index (χ2v) is 5.16. The fourth-order valence-corrected chi connectivity index (χ4v) is 2.46. The highest BCUT2D eigenvalue weighted by Gasteiger charge is 2.27. The van der Waals surface area contributed by atoms with Crippen LogP contribution in [0.3, 0.4) is 0 Å². The monoisotopic (exact) mass is 270 g/mol. The maximum absolute atomic E-state index is 11.9. The zero-order chi connectivity index (χ0) is 14.3. The van der Waals surface area contributed by atoms with E-state index in [2.05, 4.69) is 0 Å². The van der Waals surface area contributed by atoms with E-state index >= 15 is 0 Å². The standard InChI is InChI=1S/C13H26N4O2/c1-16(8-4-7-14)12(18)6-10-17-9-3-2-5-11(17)13(15)19/h11H,2-10,14H2,1H3,(H2,15,19). The van der Waals surface area contributed by atoms with Crippen molar-refractivity contribution < 1.29 is 9.59 Å². The number of primary amides is 1. The molecule has 0 aromatic carbocycles. The van der Waals surface area contributed by atoms with E-state index < -0.39 is 0 Å². The fourth-order valence-electron chi connectivity index (χ4n) is 2.46. The van der Waals surface area contributed by atoms with Gasteiger partial charge in [0.05, 0.1) is 6.04 Å². The molecule has 0 aromatic heterocycles. The number of rotatable bonds is 7. The molecule has 1 aliphatic heterocycles. The van der Waals surface area contributed by atoms with Crippen LogP contribution in [0.4, 0.5) is 0 Å². The molecule has 1 atom stereocenters. The van der Waals surface area contributed by atoms with Crippen LogP contribution in [0.5, 0.6) is 0 Å². The van der Waals surface area contributed by atoms with E-state index in [0.29, 0.717) is 26.1 Å². The molecular formula is C13H26N4O2. The molecule has 4 N–H and O–H groups in total.